The van der Waals surface area contributed by atoms with Crippen LogP contribution in [0.15, 0.2) is 35.9 Å². The molecule has 0 aliphatic rings. The average Bonchev–Trinajstić information content (AvgIpc) is 2.08. The molecular formula is C10H10ClNO. The van der Waals surface area contributed by atoms with Gasteiger partial charge in [0.25, 0.3) is 5.91 Å². The van der Waals surface area contributed by atoms with E-state index >= 15 is 0 Å². The first-order valence-corrected chi connectivity index (χ1v) is 4.20. The predicted octanol–water partition coefficient (Wildman–Crippen LogP) is 2.69. The first-order chi connectivity index (χ1) is 6.09. The van der Waals surface area contributed by atoms with Gasteiger partial charge < -0.3 is 5.32 Å². The van der Waals surface area contributed by atoms with Crippen LogP contribution in [0.5, 0.6) is 0 Å². The van der Waals surface area contributed by atoms with Crippen molar-refractivity contribution in [1.29, 1.82) is 0 Å². The summed E-state index contributed by atoms with van der Waals surface area (Å²) in [5.74, 6) is -0.370. The van der Waals surface area contributed by atoms with E-state index in [9.17, 15) is 4.79 Å². The van der Waals surface area contributed by atoms with Crippen LogP contribution in [0.25, 0.3) is 0 Å². The molecule has 1 aromatic rings. The Morgan fingerprint density at radius 3 is 2.38 bits per heavy atom. The Balaban J connectivity index is 2.70. The zero-order valence-corrected chi connectivity index (χ0v) is 8.06. The van der Waals surface area contributed by atoms with E-state index in [1.165, 1.54) is 0 Å². The number of rotatable bonds is 2. The number of halogens is 1. The van der Waals surface area contributed by atoms with E-state index < -0.39 is 0 Å². The third kappa shape index (κ3) is 2.92. The molecule has 0 aromatic heterocycles. The van der Waals surface area contributed by atoms with Crippen LogP contribution >= 0.6 is 11.6 Å². The monoisotopic (exact) mass is 195 g/mol. The van der Waals surface area contributed by atoms with Gasteiger partial charge in [0.1, 0.15) is 0 Å². The Hall–Kier alpha value is -1.28. The second kappa shape index (κ2) is 4.10. The third-order valence-corrected chi connectivity index (χ3v) is 1.73. The Bertz CT molecular complexity index is 329. The van der Waals surface area contributed by atoms with Crippen molar-refractivity contribution in [2.45, 2.75) is 6.92 Å². The molecule has 0 unspecified atom stereocenters. The number of benzene rings is 1. The topological polar surface area (TPSA) is 29.1 Å². The maximum absolute atomic E-state index is 11.1. The lowest BCUT2D eigenvalue weighted by atomic mass is 10.2. The summed E-state index contributed by atoms with van der Waals surface area (Å²) < 4.78 is 0. The molecule has 0 heterocycles. The number of hydrogen-bond acceptors (Lipinski definition) is 1. The van der Waals surface area contributed by atoms with E-state index in [-0.39, 0.29) is 10.9 Å². The van der Waals surface area contributed by atoms with Crippen LogP contribution in [0.4, 0.5) is 5.69 Å². The zero-order valence-electron chi connectivity index (χ0n) is 7.30. The van der Waals surface area contributed by atoms with Crippen molar-refractivity contribution in [3.05, 3.63) is 41.4 Å². The number of carbonyl (C=O) groups is 1. The maximum atomic E-state index is 11.1. The molecular weight excluding hydrogens is 186 g/mol. The summed E-state index contributed by atoms with van der Waals surface area (Å²) in [5, 5.41) is 2.58. The average molecular weight is 196 g/mol. The van der Waals surface area contributed by atoms with Gasteiger partial charge in [0, 0.05) is 5.69 Å². The van der Waals surface area contributed by atoms with E-state index in [1.54, 1.807) is 0 Å². The Labute approximate surface area is 82.2 Å². The largest absolute Gasteiger partial charge is 0.321 e. The fourth-order valence-corrected chi connectivity index (χ4v) is 0.883. The first kappa shape index (κ1) is 9.81. The van der Waals surface area contributed by atoms with Crippen molar-refractivity contribution in [3.8, 4) is 0 Å². The van der Waals surface area contributed by atoms with Crippen molar-refractivity contribution in [3.63, 3.8) is 0 Å². The summed E-state index contributed by atoms with van der Waals surface area (Å²) in [4.78, 5) is 11.1. The van der Waals surface area contributed by atoms with Gasteiger partial charge in [-0.15, -0.1) is 0 Å². The minimum atomic E-state index is -0.370. The minimum Gasteiger partial charge on any atom is -0.321 e. The van der Waals surface area contributed by atoms with Crippen LogP contribution in [-0.2, 0) is 4.79 Å². The summed E-state index contributed by atoms with van der Waals surface area (Å²) in [6.45, 7) is 5.30. The molecule has 3 heteroatoms. The highest BCUT2D eigenvalue weighted by molar-refractivity contribution is 6.43. The summed E-state index contributed by atoms with van der Waals surface area (Å²) in [6, 6.07) is 7.44. The van der Waals surface area contributed by atoms with E-state index in [1.807, 2.05) is 31.2 Å². The van der Waals surface area contributed by atoms with Crippen LogP contribution in [0, 0.1) is 6.92 Å². The molecule has 0 saturated carbocycles. The van der Waals surface area contributed by atoms with Crippen molar-refractivity contribution in [2.24, 2.45) is 0 Å². The van der Waals surface area contributed by atoms with E-state index in [2.05, 4.69) is 11.9 Å². The van der Waals surface area contributed by atoms with Crippen molar-refractivity contribution in [2.75, 3.05) is 5.32 Å². The molecule has 68 valence electrons. The number of anilines is 1. The van der Waals surface area contributed by atoms with Gasteiger partial charge in [-0.2, -0.15) is 0 Å². The maximum Gasteiger partial charge on any atom is 0.266 e. The Kier molecular flexibility index (Phi) is 3.09. The standard InChI is InChI=1S/C10H10ClNO/c1-7-3-5-9(6-4-7)12-10(13)8(2)11/h3-6H,2H2,1H3,(H,12,13). The van der Waals surface area contributed by atoms with Crippen LogP contribution in [0.1, 0.15) is 5.56 Å². The molecule has 13 heavy (non-hydrogen) atoms. The molecule has 0 atom stereocenters. The number of carbonyl (C=O) groups excluding carboxylic acids is 1. The predicted molar refractivity (Wildman–Crippen MR) is 54.8 cm³/mol. The molecule has 1 N–H and O–H groups in total. The molecule has 2 nitrogen and oxygen atoms in total. The number of hydrogen-bond donors (Lipinski definition) is 1. The van der Waals surface area contributed by atoms with Gasteiger partial charge in [-0.25, -0.2) is 0 Å². The van der Waals surface area contributed by atoms with Crippen LogP contribution in [-0.4, -0.2) is 5.91 Å². The second-order valence-electron chi connectivity index (χ2n) is 2.73. The second-order valence-corrected chi connectivity index (χ2v) is 3.18. The molecule has 0 radical (unpaired) electrons. The Morgan fingerprint density at radius 2 is 1.92 bits per heavy atom. The molecule has 0 aliphatic heterocycles. The van der Waals surface area contributed by atoms with Crippen molar-refractivity contribution < 1.29 is 4.79 Å². The van der Waals surface area contributed by atoms with Gasteiger partial charge in [-0.05, 0) is 19.1 Å². The molecule has 0 bridgehead atoms. The van der Waals surface area contributed by atoms with E-state index in [4.69, 9.17) is 11.6 Å². The highest BCUT2D eigenvalue weighted by atomic mass is 35.5. The van der Waals surface area contributed by atoms with Gasteiger partial charge in [0.05, 0.1) is 5.03 Å². The Morgan fingerprint density at radius 1 is 1.38 bits per heavy atom. The van der Waals surface area contributed by atoms with Crippen LogP contribution in [0.3, 0.4) is 0 Å². The van der Waals surface area contributed by atoms with Crippen molar-refractivity contribution in [1.82, 2.24) is 0 Å². The quantitative estimate of drug-likeness (QED) is 0.723. The van der Waals surface area contributed by atoms with Gasteiger partial charge in [-0.3, -0.25) is 4.79 Å². The van der Waals surface area contributed by atoms with Crippen molar-refractivity contribution >= 4 is 23.2 Å². The van der Waals surface area contributed by atoms with Gasteiger partial charge in [0.2, 0.25) is 0 Å². The molecule has 0 spiro atoms. The molecule has 1 amide bonds. The number of aryl methyl sites for hydroxylation is 1. The molecule has 1 rings (SSSR count). The lowest BCUT2D eigenvalue weighted by Crippen LogP contribution is -2.10. The smallest absolute Gasteiger partial charge is 0.266 e. The van der Waals surface area contributed by atoms with Crippen LogP contribution < -0.4 is 5.32 Å². The van der Waals surface area contributed by atoms with Gasteiger partial charge >= 0.3 is 0 Å². The molecule has 0 fully saturated rings. The normalized spacial score (nSPS) is 9.38. The molecule has 1 aromatic carbocycles. The summed E-state index contributed by atoms with van der Waals surface area (Å²) in [5.41, 5.74) is 1.86. The van der Waals surface area contributed by atoms with E-state index in [0.29, 0.717) is 0 Å². The summed E-state index contributed by atoms with van der Waals surface area (Å²) in [7, 11) is 0. The SMILES string of the molecule is C=C(Cl)C(=O)Nc1ccc(C)cc1. The first-order valence-electron chi connectivity index (χ1n) is 3.82. The molecule has 0 aliphatic carbocycles. The molecule has 0 saturated heterocycles. The summed E-state index contributed by atoms with van der Waals surface area (Å²) >= 11 is 5.40. The lowest BCUT2D eigenvalue weighted by Gasteiger charge is -2.03. The fraction of sp³-hybridized carbons (Fsp3) is 0.100. The van der Waals surface area contributed by atoms with Crippen LogP contribution in [0.2, 0.25) is 0 Å². The number of amides is 1. The minimum absolute atomic E-state index is 0.0134. The highest BCUT2D eigenvalue weighted by Gasteiger charge is 2.02. The highest BCUT2D eigenvalue weighted by Crippen LogP contribution is 2.10. The zero-order chi connectivity index (χ0) is 9.84. The fourth-order valence-electron chi connectivity index (χ4n) is 0.836. The third-order valence-electron chi connectivity index (χ3n) is 1.56. The van der Waals surface area contributed by atoms with Gasteiger partial charge in [-0.1, -0.05) is 35.9 Å². The van der Waals surface area contributed by atoms with E-state index in [0.717, 1.165) is 11.3 Å². The van der Waals surface area contributed by atoms with Gasteiger partial charge in [0.15, 0.2) is 0 Å². The summed E-state index contributed by atoms with van der Waals surface area (Å²) in [6.07, 6.45) is 0. The lowest BCUT2D eigenvalue weighted by molar-refractivity contribution is -0.112. The number of nitrogens with one attached hydrogen (secondary N) is 1.